The Morgan fingerprint density at radius 1 is 1.30 bits per heavy atom. The van der Waals surface area contributed by atoms with Crippen LogP contribution in [0.4, 0.5) is 5.00 Å². The molecule has 12 heteroatoms. The van der Waals surface area contributed by atoms with Crippen molar-refractivity contribution in [3.63, 3.8) is 0 Å². The second kappa shape index (κ2) is 8.03. The quantitative estimate of drug-likeness (QED) is 0.536. The van der Waals surface area contributed by atoms with Crippen molar-refractivity contribution in [3.05, 3.63) is 34.4 Å². The van der Waals surface area contributed by atoms with Gasteiger partial charge in [0, 0.05) is 4.88 Å². The van der Waals surface area contributed by atoms with Gasteiger partial charge in [-0.3, -0.25) is 4.79 Å². The first-order valence-electron chi connectivity index (χ1n) is 9.10. The summed E-state index contributed by atoms with van der Waals surface area (Å²) in [7, 11) is -4.19. The number of sulfone groups is 1. The highest BCUT2D eigenvalue weighted by Gasteiger charge is 2.31. The van der Waals surface area contributed by atoms with Crippen molar-refractivity contribution in [1.82, 2.24) is 10.2 Å². The molecule has 0 saturated heterocycles. The lowest BCUT2D eigenvalue weighted by molar-refractivity contribution is -0.113. The Morgan fingerprint density at radius 2 is 2.13 bits per heavy atom. The number of aryl methyl sites for hydroxylation is 1. The predicted molar refractivity (Wildman–Crippen MR) is 105 cm³/mol. The van der Waals surface area contributed by atoms with Gasteiger partial charge in [-0.15, -0.1) is 16.4 Å². The first kappa shape index (κ1) is 20.3. The fraction of sp³-hybridized carbons (Fsp3) is 0.333. The predicted octanol–water partition coefficient (Wildman–Crippen LogP) is 2.47. The molecule has 0 aromatic carbocycles. The van der Waals surface area contributed by atoms with E-state index in [0.717, 1.165) is 23.3 Å². The molecule has 0 radical (unpaired) electrons. The summed E-state index contributed by atoms with van der Waals surface area (Å²) in [6.45, 7) is 1.89. The highest BCUT2D eigenvalue weighted by molar-refractivity contribution is 7.91. The monoisotopic (exact) mass is 451 g/mol. The number of carbonyl (C=O) groups is 2. The van der Waals surface area contributed by atoms with E-state index in [2.05, 4.69) is 15.5 Å². The van der Waals surface area contributed by atoms with Gasteiger partial charge in [-0.05, 0) is 43.9 Å². The lowest BCUT2D eigenvalue weighted by Crippen LogP contribution is -2.24. The molecule has 0 aliphatic heterocycles. The molecule has 0 spiro atoms. The van der Waals surface area contributed by atoms with Crippen LogP contribution in [0.15, 0.2) is 32.5 Å². The molecule has 1 aliphatic rings. The number of esters is 1. The zero-order valence-corrected chi connectivity index (χ0v) is 17.5. The molecule has 0 fully saturated rings. The van der Waals surface area contributed by atoms with Gasteiger partial charge in [-0.2, -0.15) is 0 Å². The van der Waals surface area contributed by atoms with Crippen LogP contribution < -0.4 is 5.32 Å². The molecule has 0 atom stereocenters. The van der Waals surface area contributed by atoms with Crippen molar-refractivity contribution in [1.29, 1.82) is 0 Å². The summed E-state index contributed by atoms with van der Waals surface area (Å²) in [6, 6.07) is 3.12. The second-order valence-corrected chi connectivity index (χ2v) is 9.41. The fourth-order valence-electron chi connectivity index (χ4n) is 3.14. The van der Waals surface area contributed by atoms with Crippen LogP contribution in [0.3, 0.4) is 0 Å². The molecule has 3 aromatic rings. The van der Waals surface area contributed by atoms with Crippen LogP contribution in [0.1, 0.15) is 34.1 Å². The molecule has 1 amide bonds. The molecule has 1 N–H and O–H groups in total. The zero-order valence-electron chi connectivity index (χ0n) is 15.8. The van der Waals surface area contributed by atoms with Crippen LogP contribution in [0.5, 0.6) is 0 Å². The van der Waals surface area contributed by atoms with Crippen molar-refractivity contribution in [2.24, 2.45) is 0 Å². The molecule has 0 bridgehead atoms. The van der Waals surface area contributed by atoms with E-state index in [1.54, 1.807) is 13.0 Å². The summed E-state index contributed by atoms with van der Waals surface area (Å²) in [5, 5.41) is 9.26. The third-order valence-corrected chi connectivity index (χ3v) is 6.93. The number of fused-ring (bicyclic) bond motifs is 1. The van der Waals surface area contributed by atoms with E-state index in [9.17, 15) is 18.0 Å². The average Bonchev–Trinajstić information content (AvgIpc) is 3.44. The van der Waals surface area contributed by atoms with E-state index in [4.69, 9.17) is 13.6 Å². The third kappa shape index (κ3) is 3.87. The van der Waals surface area contributed by atoms with E-state index in [0.29, 0.717) is 17.0 Å². The minimum Gasteiger partial charge on any atom is -0.462 e. The Kier molecular flexibility index (Phi) is 5.43. The Balaban J connectivity index is 1.52. The molecule has 0 unspecified atom stereocenters. The van der Waals surface area contributed by atoms with E-state index in [-0.39, 0.29) is 18.3 Å². The fourth-order valence-corrected chi connectivity index (χ4v) is 5.35. The smallest absolute Gasteiger partial charge is 0.341 e. The number of aromatic nitrogens is 2. The molecular formula is C18H17N3O7S2. The Bertz CT molecular complexity index is 1190. The van der Waals surface area contributed by atoms with Gasteiger partial charge < -0.3 is 18.9 Å². The number of nitrogens with one attached hydrogen (secondary N) is 1. The molecule has 10 nitrogen and oxygen atoms in total. The van der Waals surface area contributed by atoms with Crippen molar-refractivity contribution in [3.8, 4) is 11.7 Å². The topological polar surface area (TPSA) is 142 Å². The molecule has 158 valence electrons. The number of anilines is 1. The normalized spacial score (nSPS) is 13.2. The minimum atomic E-state index is -4.19. The maximum Gasteiger partial charge on any atom is 0.341 e. The molecule has 30 heavy (non-hydrogen) atoms. The number of thiophene rings is 1. The molecule has 1 aliphatic carbocycles. The SMILES string of the molecule is CCOC(=O)c1c(NC(=O)CS(=O)(=O)c2nnc(-c3ccco3)o2)sc2c1CCC2. The number of ether oxygens (including phenoxy) is 1. The van der Waals surface area contributed by atoms with Gasteiger partial charge in [-0.1, -0.05) is 5.10 Å². The summed E-state index contributed by atoms with van der Waals surface area (Å²) in [4.78, 5) is 25.8. The van der Waals surface area contributed by atoms with Gasteiger partial charge >= 0.3 is 11.2 Å². The van der Waals surface area contributed by atoms with Crippen LogP contribution in [0.25, 0.3) is 11.7 Å². The standard InChI is InChI=1S/C18H17N3O7S2/c1-2-26-17(23)14-10-5-3-7-12(10)29-16(14)19-13(22)9-30(24,25)18-21-20-15(28-18)11-6-4-8-27-11/h4,6,8H,2-3,5,7,9H2,1H3,(H,19,22). The summed E-state index contributed by atoms with van der Waals surface area (Å²) < 4.78 is 40.3. The number of furan rings is 1. The summed E-state index contributed by atoms with van der Waals surface area (Å²) in [5.74, 6) is -2.18. The number of carbonyl (C=O) groups excluding carboxylic acids is 2. The summed E-state index contributed by atoms with van der Waals surface area (Å²) >= 11 is 1.26. The van der Waals surface area contributed by atoms with Crippen LogP contribution in [0.2, 0.25) is 0 Å². The lowest BCUT2D eigenvalue weighted by Gasteiger charge is -2.07. The molecule has 4 rings (SSSR count). The third-order valence-electron chi connectivity index (χ3n) is 4.38. The summed E-state index contributed by atoms with van der Waals surface area (Å²) in [5.41, 5.74) is 1.16. The lowest BCUT2D eigenvalue weighted by atomic mass is 10.1. The van der Waals surface area contributed by atoms with Crippen molar-refractivity contribution in [2.75, 3.05) is 17.7 Å². The Morgan fingerprint density at radius 3 is 2.87 bits per heavy atom. The van der Waals surface area contributed by atoms with Crippen molar-refractivity contribution >= 4 is 38.1 Å². The molecular weight excluding hydrogens is 434 g/mol. The van der Waals surface area contributed by atoms with Gasteiger partial charge in [0.2, 0.25) is 15.7 Å². The van der Waals surface area contributed by atoms with Crippen LogP contribution in [-0.2, 0) is 32.2 Å². The Labute approximate surface area is 175 Å². The van der Waals surface area contributed by atoms with E-state index in [1.807, 2.05) is 0 Å². The van der Waals surface area contributed by atoms with E-state index >= 15 is 0 Å². The van der Waals surface area contributed by atoms with Gasteiger partial charge in [-0.25, -0.2) is 13.2 Å². The van der Waals surface area contributed by atoms with Gasteiger partial charge in [0.05, 0.1) is 18.4 Å². The van der Waals surface area contributed by atoms with E-state index < -0.39 is 32.7 Å². The van der Waals surface area contributed by atoms with Crippen LogP contribution in [0, 0.1) is 0 Å². The van der Waals surface area contributed by atoms with Gasteiger partial charge in [0.25, 0.3) is 5.89 Å². The zero-order chi connectivity index (χ0) is 21.3. The minimum absolute atomic E-state index is 0.113. The second-order valence-electron chi connectivity index (χ2n) is 6.44. The number of hydrogen-bond donors (Lipinski definition) is 1. The number of rotatable bonds is 7. The molecule has 0 saturated carbocycles. The Hall–Kier alpha value is -2.99. The van der Waals surface area contributed by atoms with Gasteiger partial charge in [0.15, 0.2) is 5.76 Å². The highest BCUT2D eigenvalue weighted by atomic mass is 32.2. The maximum absolute atomic E-state index is 12.5. The first-order valence-corrected chi connectivity index (χ1v) is 11.6. The van der Waals surface area contributed by atoms with Crippen LogP contribution in [-0.4, -0.2) is 42.9 Å². The van der Waals surface area contributed by atoms with Crippen LogP contribution >= 0.6 is 11.3 Å². The van der Waals surface area contributed by atoms with Crippen molar-refractivity contribution in [2.45, 2.75) is 31.4 Å². The number of nitrogens with zero attached hydrogens (tertiary/aromatic N) is 2. The number of hydrogen-bond acceptors (Lipinski definition) is 10. The summed E-state index contributed by atoms with van der Waals surface area (Å²) in [6.07, 6.45) is 3.82. The highest BCUT2D eigenvalue weighted by Crippen LogP contribution is 2.39. The van der Waals surface area contributed by atoms with E-state index in [1.165, 1.54) is 23.7 Å². The average molecular weight is 451 g/mol. The largest absolute Gasteiger partial charge is 0.462 e. The molecule has 3 heterocycles. The molecule has 3 aromatic heterocycles. The number of amides is 1. The maximum atomic E-state index is 12.5. The van der Waals surface area contributed by atoms with Gasteiger partial charge in [0.1, 0.15) is 10.8 Å². The van der Waals surface area contributed by atoms with Crippen molar-refractivity contribution < 1.29 is 31.6 Å². The first-order chi connectivity index (χ1) is 14.4.